The van der Waals surface area contributed by atoms with Crippen LogP contribution in [-0.2, 0) is 0 Å². The fraction of sp³-hybridized carbons (Fsp3) is 0. The summed E-state index contributed by atoms with van der Waals surface area (Å²) in [6.45, 7) is 0. The van der Waals surface area contributed by atoms with Gasteiger partial charge in [-0.05, 0) is 55.6 Å². The molecule has 0 amide bonds. The van der Waals surface area contributed by atoms with Gasteiger partial charge in [0.05, 0.1) is 11.2 Å². The van der Waals surface area contributed by atoms with Crippen LogP contribution in [0.3, 0.4) is 0 Å². The zero-order valence-electron chi connectivity index (χ0n) is 20.7. The largest absolute Gasteiger partial charge is 0.247 e. The van der Waals surface area contributed by atoms with E-state index in [0.717, 1.165) is 16.8 Å². The van der Waals surface area contributed by atoms with E-state index in [1.54, 1.807) is 0 Å². The van der Waals surface area contributed by atoms with E-state index in [4.69, 9.17) is 4.98 Å². The quantitative estimate of drug-likeness (QED) is 0.224. The molecular formula is C37H23N. The maximum atomic E-state index is 5.33. The summed E-state index contributed by atoms with van der Waals surface area (Å²) in [7, 11) is 0. The van der Waals surface area contributed by atoms with Gasteiger partial charge in [0.25, 0.3) is 0 Å². The molecule has 0 unspecified atom stereocenters. The fourth-order valence-corrected chi connectivity index (χ4v) is 6.15. The van der Waals surface area contributed by atoms with Crippen LogP contribution in [0, 0.1) is 0 Å². The summed E-state index contributed by atoms with van der Waals surface area (Å²) in [5, 5.41) is 11.3. The van der Waals surface area contributed by atoms with Crippen LogP contribution < -0.4 is 0 Å². The number of hydrogen-bond donors (Lipinski definition) is 0. The summed E-state index contributed by atoms with van der Waals surface area (Å²) >= 11 is 0. The predicted octanol–water partition coefficient (Wildman–Crippen LogP) is 10.2. The van der Waals surface area contributed by atoms with Gasteiger partial charge in [0, 0.05) is 21.7 Å². The molecule has 0 aliphatic heterocycles. The van der Waals surface area contributed by atoms with Gasteiger partial charge in [-0.15, -0.1) is 0 Å². The fourth-order valence-electron chi connectivity index (χ4n) is 6.15. The Bertz CT molecular complexity index is 2180. The van der Waals surface area contributed by atoms with E-state index < -0.39 is 0 Å². The van der Waals surface area contributed by atoms with Gasteiger partial charge in [-0.3, -0.25) is 0 Å². The maximum Gasteiger partial charge on any atom is 0.0794 e. The summed E-state index contributed by atoms with van der Waals surface area (Å²) in [5.41, 5.74) is 5.62. The van der Waals surface area contributed by atoms with Gasteiger partial charge < -0.3 is 0 Å². The average Bonchev–Trinajstić information content (AvgIpc) is 3.00. The zero-order chi connectivity index (χ0) is 25.1. The van der Waals surface area contributed by atoms with E-state index in [1.165, 1.54) is 59.6 Å². The van der Waals surface area contributed by atoms with E-state index in [9.17, 15) is 0 Å². The van der Waals surface area contributed by atoms with Gasteiger partial charge >= 0.3 is 0 Å². The Kier molecular flexibility index (Phi) is 4.59. The molecule has 7 aromatic carbocycles. The second kappa shape index (κ2) is 8.26. The van der Waals surface area contributed by atoms with Crippen molar-refractivity contribution in [3.8, 4) is 22.4 Å². The molecule has 0 saturated heterocycles. The van der Waals surface area contributed by atoms with Crippen molar-refractivity contribution in [2.45, 2.75) is 0 Å². The second-order valence-electron chi connectivity index (χ2n) is 9.93. The van der Waals surface area contributed by atoms with Gasteiger partial charge in [0.1, 0.15) is 0 Å². The molecule has 0 spiro atoms. The van der Waals surface area contributed by atoms with Crippen molar-refractivity contribution < 1.29 is 0 Å². The Hall–Kier alpha value is -5.01. The summed E-state index contributed by atoms with van der Waals surface area (Å²) in [5.74, 6) is 0. The average molecular weight is 482 g/mol. The monoisotopic (exact) mass is 481 g/mol. The van der Waals surface area contributed by atoms with Crippen molar-refractivity contribution >= 4 is 54.0 Å². The molecule has 0 radical (unpaired) electrons. The first-order chi connectivity index (χ1) is 18.9. The van der Waals surface area contributed by atoms with Crippen molar-refractivity contribution in [2.24, 2.45) is 0 Å². The number of pyridine rings is 1. The number of benzene rings is 7. The highest BCUT2D eigenvalue weighted by molar-refractivity contribution is 6.33. The van der Waals surface area contributed by atoms with E-state index in [0.29, 0.717) is 0 Å². The Morgan fingerprint density at radius 2 is 0.921 bits per heavy atom. The first kappa shape index (κ1) is 21.1. The minimum Gasteiger partial charge on any atom is -0.247 e. The maximum absolute atomic E-state index is 5.33. The molecule has 1 nitrogen and oxygen atoms in total. The van der Waals surface area contributed by atoms with Crippen molar-refractivity contribution in [1.82, 2.24) is 4.98 Å². The van der Waals surface area contributed by atoms with Crippen molar-refractivity contribution in [3.63, 3.8) is 0 Å². The van der Waals surface area contributed by atoms with Crippen LogP contribution in [0.15, 0.2) is 140 Å². The molecule has 1 heterocycles. The molecule has 0 N–H and O–H groups in total. The molecule has 176 valence electrons. The molecule has 1 heteroatoms. The Morgan fingerprint density at radius 3 is 1.71 bits per heavy atom. The number of nitrogens with zero attached hydrogens (tertiary/aromatic N) is 1. The van der Waals surface area contributed by atoms with Crippen LogP contribution in [0.4, 0.5) is 0 Å². The van der Waals surface area contributed by atoms with Crippen LogP contribution in [0.5, 0.6) is 0 Å². The molecule has 0 aliphatic rings. The minimum absolute atomic E-state index is 1.02. The number of aromatic nitrogens is 1. The highest BCUT2D eigenvalue weighted by Crippen LogP contribution is 2.43. The lowest BCUT2D eigenvalue weighted by molar-refractivity contribution is 1.43. The molecule has 0 atom stereocenters. The van der Waals surface area contributed by atoms with E-state index in [1.807, 2.05) is 0 Å². The van der Waals surface area contributed by atoms with Gasteiger partial charge in [-0.1, -0.05) is 127 Å². The molecule has 0 fully saturated rings. The molecule has 38 heavy (non-hydrogen) atoms. The Balaban J connectivity index is 1.52. The third-order valence-electron chi connectivity index (χ3n) is 7.81. The Morgan fingerprint density at radius 1 is 0.368 bits per heavy atom. The third-order valence-corrected chi connectivity index (χ3v) is 7.81. The van der Waals surface area contributed by atoms with Crippen LogP contribution in [0.25, 0.3) is 76.4 Å². The highest BCUT2D eigenvalue weighted by atomic mass is 14.7. The predicted molar refractivity (Wildman–Crippen MR) is 163 cm³/mol. The van der Waals surface area contributed by atoms with Gasteiger partial charge in [0.15, 0.2) is 0 Å². The smallest absolute Gasteiger partial charge is 0.0794 e. The molecular weight excluding hydrogens is 458 g/mol. The summed E-state index contributed by atoms with van der Waals surface area (Å²) < 4.78 is 0. The lowest BCUT2D eigenvalue weighted by Crippen LogP contribution is -1.93. The molecule has 8 rings (SSSR count). The molecule has 8 aromatic rings. The molecule has 0 bridgehead atoms. The first-order valence-corrected chi connectivity index (χ1v) is 13.1. The van der Waals surface area contributed by atoms with Gasteiger partial charge in [-0.2, -0.15) is 0 Å². The van der Waals surface area contributed by atoms with Crippen LogP contribution in [0.1, 0.15) is 0 Å². The van der Waals surface area contributed by atoms with E-state index in [2.05, 4.69) is 140 Å². The molecule has 1 aromatic heterocycles. The lowest BCUT2D eigenvalue weighted by atomic mass is 9.89. The number of para-hydroxylation sites is 1. The van der Waals surface area contributed by atoms with Gasteiger partial charge in [0.2, 0.25) is 0 Å². The van der Waals surface area contributed by atoms with Crippen LogP contribution in [-0.4, -0.2) is 4.98 Å². The summed E-state index contributed by atoms with van der Waals surface area (Å²) in [6.07, 6.45) is 0. The minimum atomic E-state index is 1.02. The molecule has 0 saturated carbocycles. The van der Waals surface area contributed by atoms with E-state index >= 15 is 0 Å². The standard InChI is InChI=1S/C37H23N/c1-2-15-27-24(11-1)12-10-21-28(27)25-13-9-14-26(23-25)37-36-32-19-6-4-17-30(32)29-16-3-5-18-31(29)35(36)33-20-7-8-22-34(33)38-37/h1-23H. The Labute approximate surface area is 220 Å². The molecule has 0 aliphatic carbocycles. The summed E-state index contributed by atoms with van der Waals surface area (Å²) in [6, 6.07) is 50.1. The van der Waals surface area contributed by atoms with Crippen LogP contribution in [0.2, 0.25) is 0 Å². The number of rotatable bonds is 2. The topological polar surface area (TPSA) is 12.9 Å². The first-order valence-electron chi connectivity index (χ1n) is 13.1. The van der Waals surface area contributed by atoms with Crippen molar-refractivity contribution in [1.29, 1.82) is 0 Å². The second-order valence-corrected chi connectivity index (χ2v) is 9.93. The normalized spacial score (nSPS) is 11.7. The van der Waals surface area contributed by atoms with Crippen molar-refractivity contribution in [3.05, 3.63) is 140 Å². The summed E-state index contributed by atoms with van der Waals surface area (Å²) in [4.78, 5) is 5.33. The zero-order valence-corrected chi connectivity index (χ0v) is 20.7. The van der Waals surface area contributed by atoms with Crippen LogP contribution >= 0.6 is 0 Å². The lowest BCUT2D eigenvalue weighted by Gasteiger charge is -2.17. The SMILES string of the molecule is c1cc(-c2cccc3ccccc23)cc(-c2nc3ccccc3c3c4ccccc4c4ccccc4c23)c1. The van der Waals surface area contributed by atoms with E-state index in [-0.39, 0.29) is 0 Å². The third kappa shape index (κ3) is 3.09. The van der Waals surface area contributed by atoms with Crippen molar-refractivity contribution in [2.75, 3.05) is 0 Å². The highest BCUT2D eigenvalue weighted by Gasteiger charge is 2.17. The van der Waals surface area contributed by atoms with Gasteiger partial charge in [-0.25, -0.2) is 4.98 Å². The number of fused-ring (bicyclic) bond motifs is 9. The number of hydrogen-bond acceptors (Lipinski definition) is 1.